The third kappa shape index (κ3) is 7.86. The molecule has 196 valence electrons. The molecule has 1 aliphatic rings. The van der Waals surface area contributed by atoms with Crippen molar-refractivity contribution in [1.29, 1.82) is 0 Å². The highest BCUT2D eigenvalue weighted by atomic mass is 16.6. The molecule has 10 heteroatoms. The average molecular weight is 500 g/mol. The lowest BCUT2D eigenvalue weighted by Gasteiger charge is -2.21. The maximum absolute atomic E-state index is 13.2. The Kier molecular flexibility index (Phi) is 9.55. The zero-order valence-corrected chi connectivity index (χ0v) is 21.5. The summed E-state index contributed by atoms with van der Waals surface area (Å²) >= 11 is 0. The van der Waals surface area contributed by atoms with Crippen molar-refractivity contribution >= 4 is 34.4 Å². The molecule has 1 unspecified atom stereocenters. The van der Waals surface area contributed by atoms with Gasteiger partial charge in [0.25, 0.3) is 11.5 Å². The normalized spacial score (nSPS) is 16.1. The Balaban J connectivity index is 1.42. The molecule has 0 aliphatic carbocycles. The summed E-state index contributed by atoms with van der Waals surface area (Å²) in [4.78, 5) is 48.6. The van der Waals surface area contributed by atoms with Crippen LogP contribution < -0.4 is 16.2 Å². The molecule has 0 bridgehead atoms. The molecule has 0 saturated carbocycles. The molecule has 1 aliphatic heterocycles. The highest BCUT2D eigenvalue weighted by Gasteiger charge is 2.30. The lowest BCUT2D eigenvalue weighted by Crippen LogP contribution is -2.45. The molecule has 1 aromatic carbocycles. The largest absolute Gasteiger partial charge is 0.460 e. The monoisotopic (exact) mass is 499 g/mol. The Labute approximate surface area is 211 Å². The lowest BCUT2D eigenvalue weighted by molar-refractivity contribution is -0.155. The zero-order chi connectivity index (χ0) is 26.1. The number of fused-ring (bicyclic) bond motifs is 1. The number of imide groups is 1. The molecule has 36 heavy (non-hydrogen) atoms. The Morgan fingerprint density at radius 2 is 1.78 bits per heavy atom. The number of aromatic nitrogens is 3. The Bertz CT molecular complexity index is 1140. The standard InChI is InChI=1S/C26H37N5O5/c1-26(2,3)36-22(33)14-9-7-5-4-6-8-10-17-27-18-12-11-13-19-23(18)25(35)31(30-29-19)20-15-16-21(32)28-24(20)34/h11-13,20,27H,4-10,14-17H2,1-3H3,(H,28,32,34). The number of rotatable bonds is 12. The second-order valence-electron chi connectivity index (χ2n) is 10.2. The Hall–Kier alpha value is -3.30. The topological polar surface area (TPSA) is 132 Å². The van der Waals surface area contributed by atoms with Crippen LogP contribution in [-0.4, -0.2) is 44.9 Å². The van der Waals surface area contributed by atoms with Gasteiger partial charge in [0, 0.05) is 25.1 Å². The Morgan fingerprint density at radius 1 is 1.08 bits per heavy atom. The first-order valence-electron chi connectivity index (χ1n) is 12.8. The molecule has 1 atom stereocenters. The minimum absolute atomic E-state index is 0.128. The summed E-state index contributed by atoms with van der Waals surface area (Å²) in [5, 5.41) is 14.1. The van der Waals surface area contributed by atoms with Crippen LogP contribution in [0.25, 0.3) is 10.9 Å². The average Bonchev–Trinajstić information content (AvgIpc) is 2.80. The SMILES string of the molecule is CC(C)(C)OC(=O)CCCCCCCCCNc1cccc2nnn(C3CCC(=O)NC3=O)c(=O)c12. The molecule has 1 fully saturated rings. The molecule has 0 spiro atoms. The van der Waals surface area contributed by atoms with Gasteiger partial charge in [-0.05, 0) is 52.2 Å². The number of carbonyl (C=O) groups is 3. The zero-order valence-electron chi connectivity index (χ0n) is 21.5. The van der Waals surface area contributed by atoms with Crippen LogP contribution in [0.1, 0.15) is 91.0 Å². The molecule has 2 aromatic rings. The second kappa shape index (κ2) is 12.6. The summed E-state index contributed by atoms with van der Waals surface area (Å²) < 4.78 is 6.40. The van der Waals surface area contributed by atoms with Crippen molar-refractivity contribution in [1.82, 2.24) is 20.3 Å². The third-order valence-corrected chi connectivity index (χ3v) is 6.01. The van der Waals surface area contributed by atoms with E-state index < -0.39 is 23.1 Å². The van der Waals surface area contributed by atoms with Gasteiger partial charge >= 0.3 is 5.97 Å². The van der Waals surface area contributed by atoms with E-state index in [0.29, 0.717) is 29.6 Å². The molecule has 2 heterocycles. The summed E-state index contributed by atoms with van der Waals surface area (Å²) in [7, 11) is 0. The Morgan fingerprint density at radius 3 is 2.47 bits per heavy atom. The number of esters is 1. The molecule has 0 radical (unpaired) electrons. The first kappa shape index (κ1) is 27.3. The van der Waals surface area contributed by atoms with Crippen molar-refractivity contribution in [3.63, 3.8) is 0 Å². The smallest absolute Gasteiger partial charge is 0.306 e. The number of nitrogens with one attached hydrogen (secondary N) is 2. The predicted octanol–water partition coefficient (Wildman–Crippen LogP) is 3.64. The number of amides is 2. The van der Waals surface area contributed by atoms with Gasteiger partial charge in [-0.2, -0.15) is 4.68 Å². The summed E-state index contributed by atoms with van der Waals surface area (Å²) in [6, 6.07) is 4.51. The third-order valence-electron chi connectivity index (χ3n) is 6.01. The van der Waals surface area contributed by atoms with Crippen molar-refractivity contribution in [2.45, 2.75) is 96.6 Å². The van der Waals surface area contributed by atoms with Gasteiger partial charge in [-0.1, -0.05) is 43.4 Å². The fraction of sp³-hybridized carbons (Fsp3) is 0.615. The minimum atomic E-state index is -0.843. The fourth-order valence-corrected chi connectivity index (χ4v) is 4.26. The summed E-state index contributed by atoms with van der Waals surface area (Å²) in [5.41, 5.74) is 0.300. The highest BCUT2D eigenvalue weighted by molar-refractivity contribution is 5.99. The number of hydrogen-bond acceptors (Lipinski definition) is 8. The number of piperidine rings is 1. The molecule has 10 nitrogen and oxygen atoms in total. The van der Waals surface area contributed by atoms with Crippen LogP contribution in [0, 0.1) is 0 Å². The fourth-order valence-electron chi connectivity index (χ4n) is 4.26. The number of anilines is 1. The van der Waals surface area contributed by atoms with Crippen LogP contribution in [0.5, 0.6) is 0 Å². The number of unbranched alkanes of at least 4 members (excludes halogenated alkanes) is 6. The predicted molar refractivity (Wildman–Crippen MR) is 136 cm³/mol. The lowest BCUT2D eigenvalue weighted by atomic mass is 10.1. The number of carbonyl (C=O) groups excluding carboxylic acids is 3. The number of nitrogens with zero attached hydrogens (tertiary/aromatic N) is 3. The minimum Gasteiger partial charge on any atom is -0.460 e. The summed E-state index contributed by atoms with van der Waals surface area (Å²) in [6.45, 7) is 6.35. The van der Waals surface area contributed by atoms with Crippen molar-refractivity contribution in [3.8, 4) is 0 Å². The summed E-state index contributed by atoms with van der Waals surface area (Å²) in [6.07, 6.45) is 8.07. The molecular weight excluding hydrogens is 462 g/mol. The molecule has 1 aromatic heterocycles. The van der Waals surface area contributed by atoms with Gasteiger partial charge in [-0.15, -0.1) is 5.10 Å². The van der Waals surface area contributed by atoms with Gasteiger partial charge in [-0.25, -0.2) is 0 Å². The van der Waals surface area contributed by atoms with Crippen molar-refractivity contribution in [2.24, 2.45) is 0 Å². The van der Waals surface area contributed by atoms with Gasteiger partial charge < -0.3 is 10.1 Å². The van der Waals surface area contributed by atoms with E-state index in [4.69, 9.17) is 4.74 Å². The summed E-state index contributed by atoms with van der Waals surface area (Å²) in [5.74, 6) is -1.00. The van der Waals surface area contributed by atoms with Gasteiger partial charge in [0.1, 0.15) is 17.2 Å². The number of ether oxygens (including phenoxy) is 1. The maximum Gasteiger partial charge on any atom is 0.306 e. The van der Waals surface area contributed by atoms with E-state index in [1.165, 1.54) is 0 Å². The van der Waals surface area contributed by atoms with Gasteiger partial charge in [-0.3, -0.25) is 24.5 Å². The van der Waals surface area contributed by atoms with Crippen molar-refractivity contribution in [2.75, 3.05) is 11.9 Å². The number of hydrogen-bond donors (Lipinski definition) is 2. The van der Waals surface area contributed by atoms with E-state index in [9.17, 15) is 19.2 Å². The van der Waals surface area contributed by atoms with Crippen molar-refractivity contribution < 1.29 is 19.1 Å². The quantitative estimate of drug-likeness (QED) is 0.257. The van der Waals surface area contributed by atoms with Gasteiger partial charge in [0.2, 0.25) is 5.91 Å². The molecule has 3 rings (SSSR count). The molecular formula is C26H37N5O5. The van der Waals surface area contributed by atoms with E-state index in [0.717, 1.165) is 49.6 Å². The first-order chi connectivity index (χ1) is 17.2. The maximum atomic E-state index is 13.2. The van der Waals surface area contributed by atoms with Crippen LogP contribution in [0.3, 0.4) is 0 Å². The molecule has 2 N–H and O–H groups in total. The first-order valence-corrected chi connectivity index (χ1v) is 12.8. The molecule has 1 saturated heterocycles. The van der Waals surface area contributed by atoms with Crippen molar-refractivity contribution in [3.05, 3.63) is 28.6 Å². The van der Waals surface area contributed by atoms with E-state index in [2.05, 4.69) is 20.9 Å². The van der Waals surface area contributed by atoms with Gasteiger partial charge in [0.15, 0.2) is 0 Å². The van der Waals surface area contributed by atoms with Crippen LogP contribution in [-0.2, 0) is 19.1 Å². The van der Waals surface area contributed by atoms with Crippen LogP contribution in [0.4, 0.5) is 5.69 Å². The van der Waals surface area contributed by atoms with E-state index in [-0.39, 0.29) is 24.7 Å². The second-order valence-corrected chi connectivity index (χ2v) is 10.2. The van der Waals surface area contributed by atoms with Crippen LogP contribution >= 0.6 is 0 Å². The van der Waals surface area contributed by atoms with E-state index in [1.807, 2.05) is 32.9 Å². The van der Waals surface area contributed by atoms with E-state index in [1.54, 1.807) is 6.07 Å². The van der Waals surface area contributed by atoms with Gasteiger partial charge in [0.05, 0.1) is 5.39 Å². The number of benzene rings is 1. The van der Waals surface area contributed by atoms with E-state index >= 15 is 0 Å². The molecule has 2 amide bonds. The van der Waals surface area contributed by atoms with Crippen LogP contribution in [0.15, 0.2) is 23.0 Å². The highest BCUT2D eigenvalue weighted by Crippen LogP contribution is 2.21. The van der Waals surface area contributed by atoms with Crippen LogP contribution in [0.2, 0.25) is 0 Å².